The highest BCUT2D eigenvalue weighted by Gasteiger charge is 2.07. The van der Waals surface area contributed by atoms with Gasteiger partial charge in [0.25, 0.3) is 0 Å². The lowest BCUT2D eigenvalue weighted by Gasteiger charge is -2.04. The number of aromatic carboxylic acids is 1. The molecule has 0 aliphatic heterocycles. The van der Waals surface area contributed by atoms with Crippen LogP contribution < -0.4 is 10.4 Å². The van der Waals surface area contributed by atoms with E-state index in [0.717, 1.165) is 24.4 Å². The summed E-state index contributed by atoms with van der Waals surface area (Å²) in [5.74, 6) is 1.12. The Morgan fingerprint density at radius 2 is 2.10 bits per heavy atom. The van der Waals surface area contributed by atoms with Gasteiger partial charge in [-0.2, -0.15) is 0 Å². The number of carbonyl (C=O) groups is 1. The van der Waals surface area contributed by atoms with E-state index in [1.165, 1.54) is 12.5 Å². The van der Waals surface area contributed by atoms with Crippen molar-refractivity contribution in [2.45, 2.75) is 26.8 Å². The predicted octanol–water partition coefficient (Wildman–Crippen LogP) is 1.42. The summed E-state index contributed by atoms with van der Waals surface area (Å²) in [6, 6.07) is 10.4. The molecule has 0 bridgehead atoms. The molecule has 112 valence electrons. The SMILES string of the molecule is CC(C)CC[NH2+]Cc1ccc(-c2cccc(C(=O)[O-])c2)o1. The minimum Gasteiger partial charge on any atom is -0.545 e. The van der Waals surface area contributed by atoms with Gasteiger partial charge in [-0.15, -0.1) is 0 Å². The summed E-state index contributed by atoms with van der Waals surface area (Å²) >= 11 is 0. The first-order valence-corrected chi connectivity index (χ1v) is 7.28. The number of quaternary nitrogens is 1. The third-order valence-corrected chi connectivity index (χ3v) is 3.34. The lowest BCUT2D eigenvalue weighted by Crippen LogP contribution is -2.82. The molecule has 0 amide bonds. The van der Waals surface area contributed by atoms with E-state index in [1.54, 1.807) is 12.1 Å². The monoisotopic (exact) mass is 287 g/mol. The summed E-state index contributed by atoms with van der Waals surface area (Å²) < 4.78 is 5.77. The van der Waals surface area contributed by atoms with Crippen LogP contribution in [-0.4, -0.2) is 12.5 Å². The molecule has 2 N–H and O–H groups in total. The smallest absolute Gasteiger partial charge is 0.158 e. The molecule has 0 fully saturated rings. The Labute approximate surface area is 124 Å². The molecule has 0 spiro atoms. The van der Waals surface area contributed by atoms with Crippen molar-refractivity contribution >= 4 is 5.97 Å². The van der Waals surface area contributed by atoms with Crippen molar-refractivity contribution in [3.8, 4) is 11.3 Å². The first-order chi connectivity index (χ1) is 10.1. The molecule has 0 atom stereocenters. The van der Waals surface area contributed by atoms with Gasteiger partial charge >= 0.3 is 0 Å². The van der Waals surface area contributed by atoms with E-state index in [1.807, 2.05) is 18.2 Å². The third kappa shape index (κ3) is 4.46. The molecule has 4 heteroatoms. The van der Waals surface area contributed by atoms with Crippen molar-refractivity contribution in [3.05, 3.63) is 47.7 Å². The summed E-state index contributed by atoms with van der Waals surface area (Å²) in [4.78, 5) is 10.9. The van der Waals surface area contributed by atoms with E-state index in [9.17, 15) is 9.90 Å². The molecule has 0 aliphatic rings. The highest BCUT2D eigenvalue weighted by atomic mass is 16.4. The molecular formula is C17H21NO3. The van der Waals surface area contributed by atoms with Gasteiger partial charge in [-0.3, -0.25) is 0 Å². The van der Waals surface area contributed by atoms with Gasteiger partial charge in [0.05, 0.1) is 12.5 Å². The second-order valence-electron chi connectivity index (χ2n) is 5.60. The molecule has 0 radical (unpaired) electrons. The van der Waals surface area contributed by atoms with Gasteiger partial charge in [0.1, 0.15) is 12.3 Å². The van der Waals surface area contributed by atoms with Gasteiger partial charge in [-0.25, -0.2) is 0 Å². The number of rotatable bonds is 7. The summed E-state index contributed by atoms with van der Waals surface area (Å²) in [6.45, 7) is 6.30. The molecule has 0 aliphatic carbocycles. The topological polar surface area (TPSA) is 69.9 Å². The zero-order valence-electron chi connectivity index (χ0n) is 12.5. The highest BCUT2D eigenvalue weighted by Crippen LogP contribution is 2.22. The van der Waals surface area contributed by atoms with Crippen molar-refractivity contribution < 1.29 is 19.6 Å². The number of benzene rings is 1. The fourth-order valence-corrected chi connectivity index (χ4v) is 2.14. The fourth-order valence-electron chi connectivity index (χ4n) is 2.14. The Morgan fingerprint density at radius 1 is 1.29 bits per heavy atom. The van der Waals surface area contributed by atoms with Gasteiger partial charge in [-0.1, -0.05) is 32.0 Å². The maximum absolute atomic E-state index is 10.9. The third-order valence-electron chi connectivity index (χ3n) is 3.34. The molecular weight excluding hydrogens is 266 g/mol. The molecule has 1 aromatic carbocycles. The minimum absolute atomic E-state index is 0.161. The normalized spacial score (nSPS) is 11.0. The first-order valence-electron chi connectivity index (χ1n) is 7.28. The number of hydrogen-bond donors (Lipinski definition) is 1. The molecule has 4 nitrogen and oxygen atoms in total. The average Bonchev–Trinajstić information content (AvgIpc) is 2.92. The Bertz CT molecular complexity index is 602. The van der Waals surface area contributed by atoms with Crippen LogP contribution in [0.15, 0.2) is 40.8 Å². The number of carboxylic acids is 1. The fraction of sp³-hybridized carbons (Fsp3) is 0.353. The van der Waals surface area contributed by atoms with Crippen LogP contribution >= 0.6 is 0 Å². The van der Waals surface area contributed by atoms with Crippen LogP contribution in [0.2, 0.25) is 0 Å². The van der Waals surface area contributed by atoms with E-state index >= 15 is 0 Å². The molecule has 1 aromatic heterocycles. The Morgan fingerprint density at radius 3 is 2.81 bits per heavy atom. The second-order valence-corrected chi connectivity index (χ2v) is 5.60. The molecule has 2 rings (SSSR count). The van der Waals surface area contributed by atoms with Crippen molar-refractivity contribution in [3.63, 3.8) is 0 Å². The minimum atomic E-state index is -1.18. The number of carboxylic acid groups (broad SMARTS) is 1. The molecule has 0 unspecified atom stereocenters. The van der Waals surface area contributed by atoms with E-state index in [4.69, 9.17) is 4.42 Å². The summed E-state index contributed by atoms with van der Waals surface area (Å²) in [5, 5.41) is 13.1. The van der Waals surface area contributed by atoms with Crippen LogP contribution in [0, 0.1) is 5.92 Å². The van der Waals surface area contributed by atoms with E-state index in [-0.39, 0.29) is 5.56 Å². The standard InChI is InChI=1S/C17H21NO3/c1-12(2)8-9-18-11-15-6-7-16(21-15)13-4-3-5-14(10-13)17(19)20/h3-7,10,12,18H,8-9,11H2,1-2H3,(H,19,20). The quantitative estimate of drug-likeness (QED) is 0.783. The Kier molecular flexibility index (Phi) is 5.17. The van der Waals surface area contributed by atoms with Crippen molar-refractivity contribution in [2.75, 3.05) is 6.54 Å². The zero-order valence-corrected chi connectivity index (χ0v) is 12.5. The van der Waals surface area contributed by atoms with E-state index < -0.39 is 5.97 Å². The van der Waals surface area contributed by atoms with Crippen LogP contribution in [0.5, 0.6) is 0 Å². The van der Waals surface area contributed by atoms with Gasteiger partial charge in [0.15, 0.2) is 5.76 Å². The van der Waals surface area contributed by atoms with Crippen LogP contribution in [0.3, 0.4) is 0 Å². The highest BCUT2D eigenvalue weighted by molar-refractivity contribution is 5.87. The summed E-state index contributed by atoms with van der Waals surface area (Å²) in [6.07, 6.45) is 1.18. The van der Waals surface area contributed by atoms with Gasteiger partial charge in [0, 0.05) is 5.56 Å². The molecule has 21 heavy (non-hydrogen) atoms. The Hall–Kier alpha value is -2.07. The van der Waals surface area contributed by atoms with E-state index in [0.29, 0.717) is 11.7 Å². The lowest BCUT2D eigenvalue weighted by molar-refractivity contribution is -0.673. The summed E-state index contributed by atoms with van der Waals surface area (Å²) in [7, 11) is 0. The zero-order chi connectivity index (χ0) is 15.2. The number of hydrogen-bond acceptors (Lipinski definition) is 3. The Balaban J connectivity index is 1.99. The van der Waals surface area contributed by atoms with Gasteiger partial charge in [0.2, 0.25) is 0 Å². The molecule has 0 saturated heterocycles. The number of furan rings is 1. The van der Waals surface area contributed by atoms with Crippen LogP contribution in [0.4, 0.5) is 0 Å². The lowest BCUT2D eigenvalue weighted by atomic mass is 10.1. The predicted molar refractivity (Wildman–Crippen MR) is 78.4 cm³/mol. The van der Waals surface area contributed by atoms with E-state index in [2.05, 4.69) is 19.2 Å². The largest absolute Gasteiger partial charge is 0.545 e. The maximum Gasteiger partial charge on any atom is 0.158 e. The maximum atomic E-state index is 10.9. The molecule has 2 aromatic rings. The van der Waals surface area contributed by atoms with Crippen LogP contribution in [-0.2, 0) is 6.54 Å². The van der Waals surface area contributed by atoms with Crippen molar-refractivity contribution in [1.82, 2.24) is 0 Å². The average molecular weight is 287 g/mol. The van der Waals surface area contributed by atoms with Crippen molar-refractivity contribution in [2.24, 2.45) is 5.92 Å². The molecule has 0 saturated carbocycles. The second kappa shape index (κ2) is 7.09. The van der Waals surface area contributed by atoms with Crippen LogP contribution in [0.1, 0.15) is 36.4 Å². The van der Waals surface area contributed by atoms with Crippen LogP contribution in [0.25, 0.3) is 11.3 Å². The first kappa shape index (κ1) is 15.3. The van der Waals surface area contributed by atoms with Crippen molar-refractivity contribution in [1.29, 1.82) is 0 Å². The van der Waals surface area contributed by atoms with Gasteiger partial charge < -0.3 is 19.6 Å². The molecule has 1 heterocycles. The summed E-state index contributed by atoms with van der Waals surface area (Å²) in [5.41, 5.74) is 0.916. The number of carbonyl (C=O) groups excluding carboxylic acids is 1. The van der Waals surface area contributed by atoms with Gasteiger partial charge in [-0.05, 0) is 36.1 Å². The number of nitrogens with two attached hydrogens (primary N) is 1.